The SMILES string of the molecule is C=CN1CCC2=C(C1)C1CC1C=C2. The molecule has 0 aromatic rings. The summed E-state index contributed by atoms with van der Waals surface area (Å²) in [4.78, 5) is 2.34. The Hall–Kier alpha value is -0.980. The average Bonchev–Trinajstić information content (AvgIpc) is 2.96. The Morgan fingerprint density at radius 3 is 3.31 bits per heavy atom. The molecule has 0 spiro atoms. The summed E-state index contributed by atoms with van der Waals surface area (Å²) >= 11 is 0. The first-order valence-electron chi connectivity index (χ1n) is 5.15. The summed E-state index contributed by atoms with van der Waals surface area (Å²) in [7, 11) is 0. The van der Waals surface area contributed by atoms with Crippen molar-refractivity contribution in [2.24, 2.45) is 11.8 Å². The van der Waals surface area contributed by atoms with Gasteiger partial charge in [-0.2, -0.15) is 0 Å². The minimum atomic E-state index is 0.892. The molecule has 0 aromatic carbocycles. The maximum absolute atomic E-state index is 3.85. The summed E-state index contributed by atoms with van der Waals surface area (Å²) < 4.78 is 0. The van der Waals surface area contributed by atoms with Crippen LogP contribution in [0.2, 0.25) is 0 Å². The predicted octanol–water partition coefficient (Wildman–Crippen LogP) is 2.34. The summed E-state index contributed by atoms with van der Waals surface area (Å²) in [6.45, 7) is 6.15. The van der Waals surface area contributed by atoms with Crippen LogP contribution in [0.4, 0.5) is 0 Å². The fourth-order valence-corrected chi connectivity index (χ4v) is 2.59. The highest BCUT2D eigenvalue weighted by atomic mass is 15.1. The molecule has 1 heteroatoms. The van der Waals surface area contributed by atoms with Gasteiger partial charge in [-0.15, -0.1) is 0 Å². The van der Waals surface area contributed by atoms with E-state index >= 15 is 0 Å². The van der Waals surface area contributed by atoms with Crippen molar-refractivity contribution in [2.75, 3.05) is 13.1 Å². The van der Waals surface area contributed by atoms with Crippen LogP contribution in [0.15, 0.2) is 36.1 Å². The molecule has 13 heavy (non-hydrogen) atoms. The largest absolute Gasteiger partial charge is 0.374 e. The molecule has 1 fully saturated rings. The standard InChI is InChI=1S/C12H15N/c1-2-13-6-5-9-3-4-10-7-11(10)12(9)8-13/h2-4,10-11H,1,5-8H2. The zero-order valence-electron chi connectivity index (χ0n) is 7.87. The molecule has 2 unspecified atom stereocenters. The molecule has 0 amide bonds. The number of hydrogen-bond acceptors (Lipinski definition) is 1. The second kappa shape index (κ2) is 2.50. The van der Waals surface area contributed by atoms with E-state index in [4.69, 9.17) is 0 Å². The Bertz CT molecular complexity index is 311. The van der Waals surface area contributed by atoms with Crippen LogP contribution in [-0.2, 0) is 0 Å². The molecular formula is C12H15N. The highest BCUT2D eigenvalue weighted by Crippen LogP contribution is 2.50. The van der Waals surface area contributed by atoms with Crippen molar-refractivity contribution in [3.8, 4) is 0 Å². The number of fused-ring (bicyclic) bond motifs is 2. The summed E-state index contributed by atoms with van der Waals surface area (Å²) in [5.41, 5.74) is 3.33. The third-order valence-corrected chi connectivity index (χ3v) is 3.54. The quantitative estimate of drug-likeness (QED) is 0.588. The van der Waals surface area contributed by atoms with Crippen LogP contribution >= 0.6 is 0 Å². The monoisotopic (exact) mass is 173 g/mol. The number of hydrogen-bond donors (Lipinski definition) is 0. The summed E-state index contributed by atoms with van der Waals surface area (Å²) in [6, 6.07) is 0. The lowest BCUT2D eigenvalue weighted by Crippen LogP contribution is -2.28. The van der Waals surface area contributed by atoms with Crippen molar-refractivity contribution in [3.63, 3.8) is 0 Å². The topological polar surface area (TPSA) is 3.24 Å². The van der Waals surface area contributed by atoms with Gasteiger partial charge in [0.05, 0.1) is 0 Å². The van der Waals surface area contributed by atoms with E-state index in [9.17, 15) is 0 Å². The van der Waals surface area contributed by atoms with Crippen molar-refractivity contribution in [3.05, 3.63) is 36.1 Å². The van der Waals surface area contributed by atoms with E-state index in [1.807, 2.05) is 6.20 Å². The molecule has 0 bridgehead atoms. The van der Waals surface area contributed by atoms with Crippen molar-refractivity contribution >= 4 is 0 Å². The van der Waals surface area contributed by atoms with E-state index in [-0.39, 0.29) is 0 Å². The second-order valence-corrected chi connectivity index (χ2v) is 4.32. The van der Waals surface area contributed by atoms with Gasteiger partial charge >= 0.3 is 0 Å². The normalized spacial score (nSPS) is 35.5. The number of allylic oxidation sites excluding steroid dienone is 2. The molecule has 0 aromatic heterocycles. The number of rotatable bonds is 1. The number of nitrogens with zero attached hydrogens (tertiary/aromatic N) is 1. The van der Waals surface area contributed by atoms with E-state index < -0.39 is 0 Å². The fourth-order valence-electron chi connectivity index (χ4n) is 2.59. The van der Waals surface area contributed by atoms with Crippen molar-refractivity contribution in [2.45, 2.75) is 12.8 Å². The van der Waals surface area contributed by atoms with Crippen molar-refractivity contribution < 1.29 is 0 Å². The van der Waals surface area contributed by atoms with E-state index in [0.717, 1.165) is 24.9 Å². The lowest BCUT2D eigenvalue weighted by molar-refractivity contribution is 0.382. The highest BCUT2D eigenvalue weighted by Gasteiger charge is 2.41. The first-order chi connectivity index (χ1) is 6.38. The van der Waals surface area contributed by atoms with Gasteiger partial charge in [-0.05, 0) is 42.0 Å². The van der Waals surface area contributed by atoms with Gasteiger partial charge in [-0.25, -0.2) is 0 Å². The van der Waals surface area contributed by atoms with Crippen LogP contribution in [0.25, 0.3) is 0 Å². The zero-order valence-corrected chi connectivity index (χ0v) is 7.87. The van der Waals surface area contributed by atoms with E-state index in [1.54, 1.807) is 11.1 Å². The van der Waals surface area contributed by atoms with Crippen LogP contribution in [-0.4, -0.2) is 18.0 Å². The summed E-state index contributed by atoms with van der Waals surface area (Å²) in [5.74, 6) is 1.80. The second-order valence-electron chi connectivity index (χ2n) is 4.32. The van der Waals surface area contributed by atoms with Crippen molar-refractivity contribution in [1.82, 2.24) is 4.90 Å². The zero-order chi connectivity index (χ0) is 8.84. The molecular weight excluding hydrogens is 158 g/mol. The molecule has 3 rings (SSSR count). The summed E-state index contributed by atoms with van der Waals surface area (Å²) in [5, 5.41) is 0. The lowest BCUT2D eigenvalue weighted by atomic mass is 9.92. The third kappa shape index (κ3) is 1.06. The van der Waals surface area contributed by atoms with E-state index in [0.29, 0.717) is 0 Å². The minimum absolute atomic E-state index is 0.892. The fraction of sp³-hybridized carbons (Fsp3) is 0.500. The van der Waals surface area contributed by atoms with Gasteiger partial charge in [-0.3, -0.25) is 0 Å². The third-order valence-electron chi connectivity index (χ3n) is 3.54. The smallest absolute Gasteiger partial charge is 0.0392 e. The Kier molecular flexibility index (Phi) is 1.43. The van der Waals surface area contributed by atoms with Gasteiger partial charge in [0.15, 0.2) is 0 Å². The molecule has 0 radical (unpaired) electrons. The van der Waals surface area contributed by atoms with Gasteiger partial charge in [0.25, 0.3) is 0 Å². The van der Waals surface area contributed by atoms with Crippen LogP contribution in [0.1, 0.15) is 12.8 Å². The molecule has 0 saturated heterocycles. The molecule has 1 saturated carbocycles. The Labute approximate surface area is 79.4 Å². The van der Waals surface area contributed by atoms with Gasteiger partial charge in [0.1, 0.15) is 0 Å². The van der Waals surface area contributed by atoms with Crippen LogP contribution in [0.3, 0.4) is 0 Å². The average molecular weight is 173 g/mol. The van der Waals surface area contributed by atoms with Gasteiger partial charge in [0, 0.05) is 13.1 Å². The van der Waals surface area contributed by atoms with Gasteiger partial charge in [0.2, 0.25) is 0 Å². The minimum Gasteiger partial charge on any atom is -0.374 e. The van der Waals surface area contributed by atoms with Crippen LogP contribution in [0, 0.1) is 11.8 Å². The Morgan fingerprint density at radius 2 is 2.46 bits per heavy atom. The predicted molar refractivity (Wildman–Crippen MR) is 54.2 cm³/mol. The van der Waals surface area contributed by atoms with Gasteiger partial charge in [-0.1, -0.05) is 18.7 Å². The van der Waals surface area contributed by atoms with Crippen LogP contribution < -0.4 is 0 Å². The maximum Gasteiger partial charge on any atom is 0.0392 e. The maximum atomic E-state index is 3.85. The first-order valence-corrected chi connectivity index (χ1v) is 5.15. The Balaban J connectivity index is 1.91. The molecule has 2 atom stereocenters. The van der Waals surface area contributed by atoms with Crippen LogP contribution in [0.5, 0.6) is 0 Å². The molecule has 1 heterocycles. The molecule has 2 aliphatic carbocycles. The summed E-state index contributed by atoms with van der Waals surface area (Å²) in [6.07, 6.45) is 9.39. The molecule has 1 aliphatic heterocycles. The molecule has 0 N–H and O–H groups in total. The molecule has 68 valence electrons. The van der Waals surface area contributed by atoms with E-state index in [2.05, 4.69) is 23.6 Å². The van der Waals surface area contributed by atoms with Crippen molar-refractivity contribution in [1.29, 1.82) is 0 Å². The highest BCUT2D eigenvalue weighted by molar-refractivity contribution is 5.40. The lowest BCUT2D eigenvalue weighted by Gasteiger charge is -2.30. The first kappa shape index (κ1) is 7.43. The Morgan fingerprint density at radius 1 is 1.54 bits per heavy atom. The van der Waals surface area contributed by atoms with Gasteiger partial charge < -0.3 is 4.90 Å². The molecule has 1 nitrogen and oxygen atoms in total. The van der Waals surface area contributed by atoms with E-state index in [1.165, 1.54) is 12.8 Å². The molecule has 3 aliphatic rings.